The van der Waals surface area contributed by atoms with E-state index >= 15 is 0 Å². The summed E-state index contributed by atoms with van der Waals surface area (Å²) in [4.78, 5) is 10.4. The summed E-state index contributed by atoms with van der Waals surface area (Å²) in [6, 6.07) is 43.2. The molecule has 0 fully saturated rings. The van der Waals surface area contributed by atoms with Gasteiger partial charge in [0.15, 0.2) is 5.82 Å². The zero-order valence-corrected chi connectivity index (χ0v) is 21.9. The molecule has 4 heteroatoms. The van der Waals surface area contributed by atoms with Gasteiger partial charge in [0.2, 0.25) is 0 Å². The van der Waals surface area contributed by atoms with Crippen molar-refractivity contribution in [2.24, 2.45) is 0 Å². The third kappa shape index (κ3) is 3.82. The summed E-state index contributed by atoms with van der Waals surface area (Å²) in [6.45, 7) is 0. The minimum Gasteiger partial charge on any atom is -0.455 e. The minimum atomic E-state index is 0.673. The van der Waals surface area contributed by atoms with Gasteiger partial charge in [0.05, 0.1) is 11.4 Å². The molecule has 2 aromatic heterocycles. The summed E-state index contributed by atoms with van der Waals surface area (Å²) < 4.78 is 7.50. The molecular formula is C34H21BrN2O. The molecule has 38 heavy (non-hydrogen) atoms. The summed E-state index contributed by atoms with van der Waals surface area (Å²) in [5, 5.41) is 2.11. The van der Waals surface area contributed by atoms with E-state index in [1.165, 1.54) is 0 Å². The molecule has 0 N–H and O–H groups in total. The van der Waals surface area contributed by atoms with Crippen LogP contribution in [0.5, 0.6) is 0 Å². The van der Waals surface area contributed by atoms with E-state index in [1.807, 2.05) is 60.7 Å². The van der Waals surface area contributed by atoms with E-state index in [9.17, 15) is 0 Å². The van der Waals surface area contributed by atoms with Crippen molar-refractivity contribution in [3.8, 4) is 45.0 Å². The average molecular weight is 553 g/mol. The largest absolute Gasteiger partial charge is 0.455 e. The fourth-order valence-corrected chi connectivity index (χ4v) is 5.56. The van der Waals surface area contributed by atoms with Crippen LogP contribution in [0.3, 0.4) is 0 Å². The SMILES string of the molecule is Brc1ccc(-c2nc(-c3ccccc3)nc(-c3ccccc3)c2-c2ccccc2)c2oc3ccccc3c12. The molecule has 0 atom stereocenters. The van der Waals surface area contributed by atoms with Crippen molar-refractivity contribution in [3.05, 3.63) is 132 Å². The van der Waals surface area contributed by atoms with Crippen LogP contribution in [0.25, 0.3) is 67.0 Å². The maximum atomic E-state index is 6.51. The fourth-order valence-electron chi connectivity index (χ4n) is 5.03. The molecule has 0 amide bonds. The first kappa shape index (κ1) is 22.6. The normalized spacial score (nSPS) is 11.3. The van der Waals surface area contributed by atoms with Crippen molar-refractivity contribution in [1.82, 2.24) is 9.97 Å². The zero-order chi connectivity index (χ0) is 25.5. The lowest BCUT2D eigenvalue weighted by atomic mass is 9.93. The molecule has 0 radical (unpaired) electrons. The van der Waals surface area contributed by atoms with Crippen LogP contribution in [0.1, 0.15) is 0 Å². The van der Waals surface area contributed by atoms with Gasteiger partial charge >= 0.3 is 0 Å². The van der Waals surface area contributed by atoms with E-state index in [4.69, 9.17) is 14.4 Å². The second kappa shape index (κ2) is 9.40. The first-order chi connectivity index (χ1) is 18.8. The topological polar surface area (TPSA) is 38.9 Å². The smallest absolute Gasteiger partial charge is 0.160 e. The van der Waals surface area contributed by atoms with Crippen LogP contribution in [-0.2, 0) is 0 Å². The number of aromatic nitrogens is 2. The van der Waals surface area contributed by atoms with Gasteiger partial charge in [-0.05, 0) is 23.8 Å². The number of halogens is 1. The van der Waals surface area contributed by atoms with Gasteiger partial charge in [0, 0.05) is 37.5 Å². The quantitative estimate of drug-likeness (QED) is 0.218. The summed E-state index contributed by atoms with van der Waals surface area (Å²) in [5.41, 5.74) is 8.30. The van der Waals surface area contributed by atoms with Crippen molar-refractivity contribution in [2.75, 3.05) is 0 Å². The third-order valence-corrected chi connectivity index (χ3v) is 7.44. The van der Waals surface area contributed by atoms with Crippen LogP contribution >= 0.6 is 15.9 Å². The number of benzene rings is 5. The lowest BCUT2D eigenvalue weighted by Gasteiger charge is -2.17. The van der Waals surface area contributed by atoms with Crippen LogP contribution in [0, 0.1) is 0 Å². The highest BCUT2D eigenvalue weighted by Gasteiger charge is 2.23. The van der Waals surface area contributed by atoms with Crippen LogP contribution in [-0.4, -0.2) is 9.97 Å². The number of hydrogen-bond donors (Lipinski definition) is 0. The fraction of sp³-hybridized carbons (Fsp3) is 0. The summed E-state index contributed by atoms with van der Waals surface area (Å²) in [5.74, 6) is 0.673. The van der Waals surface area contributed by atoms with E-state index < -0.39 is 0 Å². The molecule has 0 aliphatic carbocycles. The second-order valence-corrected chi connectivity index (χ2v) is 9.97. The Labute approximate surface area is 228 Å². The minimum absolute atomic E-state index is 0.673. The Morgan fingerprint density at radius 1 is 0.526 bits per heavy atom. The Hall–Kier alpha value is -4.54. The van der Waals surface area contributed by atoms with Gasteiger partial charge in [0.25, 0.3) is 0 Å². The molecule has 0 saturated carbocycles. The molecule has 3 nitrogen and oxygen atoms in total. The maximum absolute atomic E-state index is 6.51. The number of nitrogens with zero attached hydrogens (tertiary/aromatic N) is 2. The van der Waals surface area contributed by atoms with Crippen LogP contribution in [0.4, 0.5) is 0 Å². The Morgan fingerprint density at radius 3 is 1.82 bits per heavy atom. The highest BCUT2D eigenvalue weighted by Crippen LogP contribution is 2.45. The average Bonchev–Trinajstić information content (AvgIpc) is 3.39. The van der Waals surface area contributed by atoms with Crippen molar-refractivity contribution in [3.63, 3.8) is 0 Å². The van der Waals surface area contributed by atoms with Gasteiger partial charge in [0.1, 0.15) is 11.2 Å². The molecule has 0 spiro atoms. The zero-order valence-electron chi connectivity index (χ0n) is 20.3. The molecule has 7 rings (SSSR count). The van der Waals surface area contributed by atoms with Gasteiger partial charge in [-0.2, -0.15) is 0 Å². The summed E-state index contributed by atoms with van der Waals surface area (Å²) in [6.07, 6.45) is 0. The van der Waals surface area contributed by atoms with Crippen molar-refractivity contribution in [2.45, 2.75) is 0 Å². The molecule has 0 saturated heterocycles. The number of para-hydroxylation sites is 1. The van der Waals surface area contributed by atoms with Crippen molar-refractivity contribution < 1.29 is 4.42 Å². The molecule has 2 heterocycles. The van der Waals surface area contributed by atoms with E-state index in [2.05, 4.69) is 82.7 Å². The van der Waals surface area contributed by atoms with E-state index in [0.717, 1.165) is 65.6 Å². The second-order valence-electron chi connectivity index (χ2n) is 9.11. The van der Waals surface area contributed by atoms with E-state index in [-0.39, 0.29) is 0 Å². The van der Waals surface area contributed by atoms with Gasteiger partial charge < -0.3 is 4.42 Å². The Balaban J connectivity index is 1.64. The highest BCUT2D eigenvalue weighted by atomic mass is 79.9. The number of rotatable bonds is 4. The van der Waals surface area contributed by atoms with Crippen molar-refractivity contribution in [1.29, 1.82) is 0 Å². The molecular weight excluding hydrogens is 532 g/mol. The molecule has 0 bridgehead atoms. The van der Waals surface area contributed by atoms with Gasteiger partial charge in [-0.15, -0.1) is 0 Å². The highest BCUT2D eigenvalue weighted by molar-refractivity contribution is 9.10. The van der Waals surface area contributed by atoms with E-state index in [1.54, 1.807) is 0 Å². The van der Waals surface area contributed by atoms with Crippen LogP contribution in [0.2, 0.25) is 0 Å². The van der Waals surface area contributed by atoms with Gasteiger partial charge in [-0.3, -0.25) is 0 Å². The first-order valence-corrected chi connectivity index (χ1v) is 13.3. The summed E-state index contributed by atoms with van der Waals surface area (Å²) >= 11 is 3.78. The molecule has 5 aromatic carbocycles. The predicted molar refractivity (Wildman–Crippen MR) is 159 cm³/mol. The molecule has 180 valence electrons. The number of hydrogen-bond acceptors (Lipinski definition) is 3. The predicted octanol–water partition coefficient (Wildman–Crippen LogP) is 9.81. The first-order valence-electron chi connectivity index (χ1n) is 12.5. The molecule has 0 aliphatic heterocycles. The molecule has 7 aromatic rings. The third-order valence-electron chi connectivity index (χ3n) is 6.78. The molecule has 0 unspecified atom stereocenters. The standard InChI is InChI=1S/C34H21BrN2O/c35-27-21-20-26(33-30(27)25-18-10-11-19-28(25)38-33)32-29(22-12-4-1-5-13-22)31(23-14-6-2-7-15-23)36-34(37-32)24-16-8-3-9-17-24/h1-21H. The Morgan fingerprint density at radius 2 is 1.11 bits per heavy atom. The lowest BCUT2D eigenvalue weighted by Crippen LogP contribution is -2.01. The van der Waals surface area contributed by atoms with Crippen LogP contribution in [0.15, 0.2) is 136 Å². The number of furan rings is 1. The van der Waals surface area contributed by atoms with Crippen LogP contribution < -0.4 is 0 Å². The number of fused-ring (bicyclic) bond motifs is 3. The van der Waals surface area contributed by atoms with Gasteiger partial charge in [-0.25, -0.2) is 9.97 Å². The Bertz CT molecular complexity index is 1910. The monoisotopic (exact) mass is 552 g/mol. The summed E-state index contributed by atoms with van der Waals surface area (Å²) in [7, 11) is 0. The van der Waals surface area contributed by atoms with Gasteiger partial charge in [-0.1, -0.05) is 125 Å². The van der Waals surface area contributed by atoms with Crippen molar-refractivity contribution >= 4 is 37.9 Å². The Kier molecular flexibility index (Phi) is 5.60. The lowest BCUT2D eigenvalue weighted by molar-refractivity contribution is 0.669. The maximum Gasteiger partial charge on any atom is 0.160 e. The van der Waals surface area contributed by atoms with E-state index in [0.29, 0.717) is 5.82 Å². The molecule has 0 aliphatic rings.